The van der Waals surface area contributed by atoms with E-state index in [4.69, 9.17) is 5.73 Å². The summed E-state index contributed by atoms with van der Waals surface area (Å²) in [5.74, 6) is 0.972. The van der Waals surface area contributed by atoms with E-state index in [-0.39, 0.29) is 0 Å². The molecule has 0 unspecified atom stereocenters. The first kappa shape index (κ1) is 12.3. The smallest absolute Gasteiger partial charge is 0.151 e. The molecule has 5 nitrogen and oxygen atoms in total. The van der Waals surface area contributed by atoms with Gasteiger partial charge in [0, 0.05) is 25.7 Å². The van der Waals surface area contributed by atoms with Crippen molar-refractivity contribution in [1.82, 2.24) is 15.1 Å². The second-order valence-electron chi connectivity index (χ2n) is 4.77. The number of rotatable bonds is 3. The predicted octanol–water partition coefficient (Wildman–Crippen LogP) is 0.466. The van der Waals surface area contributed by atoms with Gasteiger partial charge in [0.1, 0.15) is 0 Å². The third-order valence-electron chi connectivity index (χ3n) is 3.43. The van der Waals surface area contributed by atoms with Crippen LogP contribution in [0.3, 0.4) is 0 Å². The second-order valence-corrected chi connectivity index (χ2v) is 4.77. The second kappa shape index (κ2) is 5.42. The van der Waals surface area contributed by atoms with Crippen molar-refractivity contribution in [3.63, 3.8) is 0 Å². The van der Waals surface area contributed by atoms with Gasteiger partial charge in [0.25, 0.3) is 0 Å². The van der Waals surface area contributed by atoms with Gasteiger partial charge in [0.05, 0.1) is 5.69 Å². The van der Waals surface area contributed by atoms with Gasteiger partial charge in [-0.1, -0.05) is 0 Å². The first-order valence-corrected chi connectivity index (χ1v) is 6.14. The molecule has 0 radical (unpaired) electrons. The minimum atomic E-state index is 0.454. The van der Waals surface area contributed by atoms with Crippen LogP contribution in [0.4, 0.5) is 5.82 Å². The summed E-state index contributed by atoms with van der Waals surface area (Å²) in [5.41, 5.74) is 6.35. The largest absolute Gasteiger partial charge is 0.355 e. The fourth-order valence-electron chi connectivity index (χ4n) is 2.24. The molecule has 94 valence electrons. The summed E-state index contributed by atoms with van der Waals surface area (Å²) in [6, 6.07) is 4.67. The first-order valence-electron chi connectivity index (χ1n) is 6.14. The monoisotopic (exact) mass is 235 g/mol. The Balaban J connectivity index is 1.95. The molecular weight excluding hydrogens is 214 g/mol. The Morgan fingerprint density at radius 2 is 2.00 bits per heavy atom. The van der Waals surface area contributed by atoms with Gasteiger partial charge in [-0.25, -0.2) is 0 Å². The van der Waals surface area contributed by atoms with Crippen molar-refractivity contribution in [3.8, 4) is 0 Å². The zero-order valence-corrected chi connectivity index (χ0v) is 10.6. The third-order valence-corrected chi connectivity index (χ3v) is 3.43. The molecule has 2 N–H and O–H groups in total. The summed E-state index contributed by atoms with van der Waals surface area (Å²) >= 11 is 0. The van der Waals surface area contributed by atoms with Gasteiger partial charge in [-0.3, -0.25) is 0 Å². The number of hydrogen-bond donors (Lipinski definition) is 1. The Bertz CT molecular complexity index is 340. The average molecular weight is 235 g/mol. The molecule has 0 aliphatic carbocycles. The van der Waals surface area contributed by atoms with Crippen molar-refractivity contribution in [2.45, 2.75) is 25.4 Å². The van der Waals surface area contributed by atoms with E-state index in [0.29, 0.717) is 12.6 Å². The van der Waals surface area contributed by atoms with E-state index in [0.717, 1.165) is 24.6 Å². The predicted molar refractivity (Wildman–Crippen MR) is 68.8 cm³/mol. The standard InChI is InChI=1S/C12H21N5/c1-16(2)11-5-7-17(8-6-11)12-4-3-10(9-13)14-15-12/h3-4,11H,5-9,13H2,1-2H3. The van der Waals surface area contributed by atoms with Gasteiger partial charge < -0.3 is 15.5 Å². The van der Waals surface area contributed by atoms with Gasteiger partial charge in [-0.05, 0) is 39.1 Å². The Kier molecular flexibility index (Phi) is 3.91. The van der Waals surface area contributed by atoms with Gasteiger partial charge in [0.2, 0.25) is 0 Å². The van der Waals surface area contributed by atoms with Crippen LogP contribution >= 0.6 is 0 Å². The number of nitrogens with zero attached hydrogens (tertiary/aromatic N) is 4. The molecule has 0 saturated carbocycles. The minimum Gasteiger partial charge on any atom is -0.355 e. The third kappa shape index (κ3) is 2.92. The topological polar surface area (TPSA) is 58.3 Å². The molecule has 1 aromatic rings. The molecule has 5 heteroatoms. The number of nitrogens with two attached hydrogens (primary N) is 1. The highest BCUT2D eigenvalue weighted by atomic mass is 15.3. The maximum Gasteiger partial charge on any atom is 0.151 e. The van der Waals surface area contributed by atoms with Crippen molar-refractivity contribution in [2.24, 2.45) is 5.73 Å². The zero-order chi connectivity index (χ0) is 12.3. The van der Waals surface area contributed by atoms with Gasteiger partial charge in [-0.15, -0.1) is 5.10 Å². The Morgan fingerprint density at radius 1 is 1.29 bits per heavy atom. The van der Waals surface area contributed by atoms with Crippen LogP contribution in [-0.2, 0) is 6.54 Å². The summed E-state index contributed by atoms with van der Waals surface area (Å²) in [6.07, 6.45) is 2.38. The van der Waals surface area contributed by atoms with Crippen molar-refractivity contribution < 1.29 is 0 Å². The number of anilines is 1. The van der Waals surface area contributed by atoms with Gasteiger partial charge in [0.15, 0.2) is 5.82 Å². The molecule has 2 rings (SSSR count). The molecule has 2 heterocycles. The van der Waals surface area contributed by atoms with Crippen LogP contribution in [0.2, 0.25) is 0 Å². The quantitative estimate of drug-likeness (QED) is 0.825. The van der Waals surface area contributed by atoms with E-state index in [1.807, 2.05) is 12.1 Å². The molecule has 1 aliphatic rings. The highest BCUT2D eigenvalue weighted by Crippen LogP contribution is 2.19. The molecular formula is C12H21N5. The van der Waals surface area contributed by atoms with Gasteiger partial charge in [-0.2, -0.15) is 5.10 Å². The van der Waals surface area contributed by atoms with Crippen molar-refractivity contribution >= 4 is 5.82 Å². The Hall–Kier alpha value is -1.20. The molecule has 1 aromatic heterocycles. The lowest BCUT2D eigenvalue weighted by atomic mass is 10.0. The Labute approximate surface area is 103 Å². The molecule has 0 amide bonds. The van der Waals surface area contributed by atoms with Crippen LogP contribution in [0.15, 0.2) is 12.1 Å². The lowest BCUT2D eigenvalue weighted by Crippen LogP contribution is -2.42. The van der Waals surface area contributed by atoms with Crippen molar-refractivity contribution in [2.75, 3.05) is 32.1 Å². The van der Waals surface area contributed by atoms with Crippen molar-refractivity contribution in [3.05, 3.63) is 17.8 Å². The molecule has 17 heavy (non-hydrogen) atoms. The fraction of sp³-hybridized carbons (Fsp3) is 0.667. The van der Waals surface area contributed by atoms with Crippen LogP contribution in [0.1, 0.15) is 18.5 Å². The van der Waals surface area contributed by atoms with Crippen LogP contribution in [0, 0.1) is 0 Å². The van der Waals surface area contributed by atoms with Gasteiger partial charge >= 0.3 is 0 Å². The number of hydrogen-bond acceptors (Lipinski definition) is 5. The summed E-state index contributed by atoms with van der Waals surface area (Å²) in [5, 5.41) is 8.32. The molecule has 0 aromatic carbocycles. The van der Waals surface area contributed by atoms with Crippen LogP contribution in [0.25, 0.3) is 0 Å². The summed E-state index contributed by atoms with van der Waals surface area (Å²) in [4.78, 5) is 4.60. The average Bonchev–Trinajstić information content (AvgIpc) is 2.39. The highest BCUT2D eigenvalue weighted by Gasteiger charge is 2.21. The highest BCUT2D eigenvalue weighted by molar-refractivity contribution is 5.37. The minimum absolute atomic E-state index is 0.454. The lowest BCUT2D eigenvalue weighted by Gasteiger charge is -2.35. The first-order chi connectivity index (χ1) is 8.20. The maximum absolute atomic E-state index is 5.51. The van der Waals surface area contributed by atoms with E-state index < -0.39 is 0 Å². The Morgan fingerprint density at radius 3 is 2.47 bits per heavy atom. The van der Waals surface area contributed by atoms with E-state index in [2.05, 4.69) is 34.1 Å². The normalized spacial score (nSPS) is 17.8. The lowest BCUT2D eigenvalue weighted by molar-refractivity contribution is 0.249. The van der Waals surface area contributed by atoms with Crippen LogP contribution in [0.5, 0.6) is 0 Å². The molecule has 0 atom stereocenters. The molecule has 0 bridgehead atoms. The fourth-order valence-corrected chi connectivity index (χ4v) is 2.24. The van der Waals surface area contributed by atoms with Crippen LogP contribution in [-0.4, -0.2) is 48.3 Å². The number of aromatic nitrogens is 2. The number of piperidine rings is 1. The molecule has 0 spiro atoms. The van der Waals surface area contributed by atoms with Crippen molar-refractivity contribution in [1.29, 1.82) is 0 Å². The maximum atomic E-state index is 5.51. The van der Waals surface area contributed by atoms with E-state index in [9.17, 15) is 0 Å². The van der Waals surface area contributed by atoms with E-state index in [1.54, 1.807) is 0 Å². The molecule has 1 fully saturated rings. The van der Waals surface area contributed by atoms with E-state index >= 15 is 0 Å². The summed E-state index contributed by atoms with van der Waals surface area (Å²) < 4.78 is 0. The molecule has 1 aliphatic heterocycles. The van der Waals surface area contributed by atoms with E-state index in [1.165, 1.54) is 12.8 Å². The zero-order valence-electron chi connectivity index (χ0n) is 10.6. The van der Waals surface area contributed by atoms with Crippen LogP contribution < -0.4 is 10.6 Å². The summed E-state index contributed by atoms with van der Waals surface area (Å²) in [6.45, 7) is 2.56. The summed E-state index contributed by atoms with van der Waals surface area (Å²) in [7, 11) is 4.30. The molecule has 1 saturated heterocycles. The SMILES string of the molecule is CN(C)C1CCN(c2ccc(CN)nn2)CC1.